The van der Waals surface area contributed by atoms with Gasteiger partial charge in [0.25, 0.3) is 0 Å². The maximum atomic E-state index is 5.56. The third-order valence-electron chi connectivity index (χ3n) is 2.63. The molecule has 0 N–H and O–H groups in total. The molecule has 2 atom stereocenters. The third-order valence-corrected chi connectivity index (χ3v) is 2.63. The molecule has 0 rings (SSSR count). The van der Waals surface area contributed by atoms with Gasteiger partial charge in [-0.15, -0.1) is 0 Å². The van der Waals surface area contributed by atoms with Gasteiger partial charge in [0.15, 0.2) is 0 Å². The molecule has 0 aliphatic rings. The van der Waals surface area contributed by atoms with E-state index in [1.807, 2.05) is 0 Å². The largest absolute Gasteiger partial charge is 0.345 e. The van der Waals surface area contributed by atoms with Crippen LogP contribution in [0.5, 0.6) is 0 Å². The van der Waals surface area contributed by atoms with Crippen LogP contribution >= 0.6 is 0 Å². The Morgan fingerprint density at radius 3 is 1.47 bits per heavy atom. The minimum Gasteiger partial charge on any atom is -0.345 e. The Balaban J connectivity index is 3.55. The minimum atomic E-state index is 0.328. The molecule has 0 aliphatic carbocycles. The molecule has 15 heavy (non-hydrogen) atoms. The molecule has 0 aliphatic heterocycles. The zero-order valence-electron chi connectivity index (χ0n) is 10.8. The second kappa shape index (κ2) is 10.4. The first-order valence-electron chi connectivity index (χ1n) is 6.40. The van der Waals surface area contributed by atoms with Crippen LogP contribution in [0, 0.1) is 6.79 Å². The first-order valence-corrected chi connectivity index (χ1v) is 6.40. The summed E-state index contributed by atoms with van der Waals surface area (Å²) in [6, 6.07) is 0. The Labute approximate surface area is 95.3 Å². The number of rotatable bonds is 10. The second-order valence-electron chi connectivity index (χ2n) is 4.01. The van der Waals surface area contributed by atoms with Crippen molar-refractivity contribution in [3.8, 4) is 0 Å². The predicted octanol–water partition coefficient (Wildman–Crippen LogP) is 4.30. The molecule has 91 valence electrons. The zero-order valence-corrected chi connectivity index (χ0v) is 10.8. The van der Waals surface area contributed by atoms with Gasteiger partial charge in [-0.2, -0.15) is 0 Å². The van der Waals surface area contributed by atoms with E-state index in [0.29, 0.717) is 12.2 Å². The van der Waals surface area contributed by atoms with Gasteiger partial charge in [-0.3, -0.25) is 0 Å². The fourth-order valence-corrected chi connectivity index (χ4v) is 1.57. The molecule has 0 aromatic heterocycles. The summed E-state index contributed by atoms with van der Waals surface area (Å²) in [5.41, 5.74) is 0. The van der Waals surface area contributed by atoms with Crippen molar-refractivity contribution >= 4 is 0 Å². The number of hydrogen-bond acceptors (Lipinski definition) is 2. The van der Waals surface area contributed by atoms with Crippen LogP contribution in [0.1, 0.15) is 66.2 Å². The highest BCUT2D eigenvalue weighted by molar-refractivity contribution is 4.58. The molecule has 0 spiro atoms. The van der Waals surface area contributed by atoms with Crippen LogP contribution in [0.15, 0.2) is 0 Å². The summed E-state index contributed by atoms with van der Waals surface area (Å²) >= 11 is 0. The van der Waals surface area contributed by atoms with E-state index in [9.17, 15) is 0 Å². The molecule has 0 saturated heterocycles. The minimum absolute atomic E-state index is 0.328. The van der Waals surface area contributed by atoms with E-state index in [-0.39, 0.29) is 0 Å². The Hall–Kier alpha value is -0.0800. The van der Waals surface area contributed by atoms with Crippen molar-refractivity contribution in [2.75, 3.05) is 0 Å². The Morgan fingerprint density at radius 2 is 1.20 bits per heavy atom. The van der Waals surface area contributed by atoms with Crippen molar-refractivity contribution in [2.24, 2.45) is 0 Å². The average Bonchev–Trinajstić information content (AvgIpc) is 2.26. The van der Waals surface area contributed by atoms with E-state index >= 15 is 0 Å². The lowest BCUT2D eigenvalue weighted by atomic mass is 10.1. The van der Waals surface area contributed by atoms with Gasteiger partial charge in [-0.05, 0) is 25.7 Å². The molecule has 2 heteroatoms. The lowest BCUT2D eigenvalue weighted by Gasteiger charge is -2.18. The monoisotopic (exact) mass is 215 g/mol. The van der Waals surface area contributed by atoms with Crippen LogP contribution in [0.25, 0.3) is 0 Å². The molecule has 0 aromatic carbocycles. The Morgan fingerprint density at radius 1 is 0.800 bits per heavy atom. The second-order valence-corrected chi connectivity index (χ2v) is 4.01. The van der Waals surface area contributed by atoms with Crippen LogP contribution in [0.2, 0.25) is 0 Å². The highest BCUT2D eigenvalue weighted by atomic mass is 16.7. The van der Waals surface area contributed by atoms with Crippen molar-refractivity contribution in [3.05, 3.63) is 6.79 Å². The van der Waals surface area contributed by atoms with Crippen molar-refractivity contribution in [3.63, 3.8) is 0 Å². The highest BCUT2D eigenvalue weighted by Crippen LogP contribution is 2.12. The van der Waals surface area contributed by atoms with Crippen LogP contribution in [0.4, 0.5) is 0 Å². The van der Waals surface area contributed by atoms with E-state index in [1.54, 1.807) is 6.79 Å². The predicted molar refractivity (Wildman–Crippen MR) is 64.4 cm³/mol. The summed E-state index contributed by atoms with van der Waals surface area (Å²) in [5, 5.41) is 0. The summed E-state index contributed by atoms with van der Waals surface area (Å²) in [5.74, 6) is 0. The van der Waals surface area contributed by atoms with Gasteiger partial charge >= 0.3 is 0 Å². The van der Waals surface area contributed by atoms with E-state index in [2.05, 4.69) is 27.7 Å². The smallest absolute Gasteiger partial charge is 0.209 e. The lowest BCUT2D eigenvalue weighted by Crippen LogP contribution is -2.15. The van der Waals surface area contributed by atoms with Crippen LogP contribution in [0.3, 0.4) is 0 Å². The fourth-order valence-electron chi connectivity index (χ4n) is 1.57. The molecule has 2 unspecified atom stereocenters. The molecule has 0 aromatic rings. The lowest BCUT2D eigenvalue weighted by molar-refractivity contribution is -0.0586. The molecular weight excluding hydrogens is 188 g/mol. The van der Waals surface area contributed by atoms with Crippen molar-refractivity contribution in [1.29, 1.82) is 0 Å². The maximum absolute atomic E-state index is 5.56. The standard InChI is InChI=1S/C13H27O2/c1-5-9-12(7-3)14-11-15-13(8-4)10-6-2/h11-13H,5-10H2,1-4H3. The van der Waals surface area contributed by atoms with Gasteiger partial charge in [-0.1, -0.05) is 40.5 Å². The summed E-state index contributed by atoms with van der Waals surface area (Å²) in [4.78, 5) is 0. The molecule has 0 heterocycles. The number of hydrogen-bond donors (Lipinski definition) is 0. The molecule has 0 fully saturated rings. The molecule has 2 nitrogen and oxygen atoms in total. The molecule has 0 bridgehead atoms. The summed E-state index contributed by atoms with van der Waals surface area (Å²) in [7, 11) is 0. The molecule has 0 amide bonds. The molecule has 1 radical (unpaired) electrons. The summed E-state index contributed by atoms with van der Waals surface area (Å²) < 4.78 is 11.1. The molecule has 0 saturated carbocycles. The van der Waals surface area contributed by atoms with E-state index in [4.69, 9.17) is 9.47 Å². The fraction of sp³-hybridized carbons (Fsp3) is 0.923. The normalized spacial score (nSPS) is 15.2. The molecular formula is C13H27O2. The Kier molecular flexibility index (Phi) is 10.4. The quantitative estimate of drug-likeness (QED) is 0.541. The summed E-state index contributed by atoms with van der Waals surface area (Å²) in [6.45, 7) is 10.2. The average molecular weight is 215 g/mol. The van der Waals surface area contributed by atoms with E-state index in [1.165, 1.54) is 12.8 Å². The van der Waals surface area contributed by atoms with Crippen LogP contribution in [-0.2, 0) is 9.47 Å². The van der Waals surface area contributed by atoms with Gasteiger partial charge in [0.05, 0.1) is 12.2 Å². The maximum Gasteiger partial charge on any atom is 0.209 e. The van der Waals surface area contributed by atoms with Gasteiger partial charge in [-0.25, -0.2) is 0 Å². The SMILES string of the molecule is CCCC(CC)O[CH]OC(CC)CCC. The number of ether oxygens (including phenoxy) is 2. The topological polar surface area (TPSA) is 18.5 Å². The van der Waals surface area contributed by atoms with Gasteiger partial charge < -0.3 is 9.47 Å². The van der Waals surface area contributed by atoms with Crippen molar-refractivity contribution in [2.45, 2.75) is 78.4 Å². The van der Waals surface area contributed by atoms with Crippen LogP contribution < -0.4 is 0 Å². The van der Waals surface area contributed by atoms with E-state index in [0.717, 1.165) is 25.7 Å². The first-order chi connectivity index (χ1) is 7.28. The summed E-state index contributed by atoms with van der Waals surface area (Å²) in [6.07, 6.45) is 7.32. The third kappa shape index (κ3) is 7.80. The highest BCUT2D eigenvalue weighted by Gasteiger charge is 2.09. The van der Waals surface area contributed by atoms with Gasteiger partial charge in [0, 0.05) is 0 Å². The van der Waals surface area contributed by atoms with Gasteiger partial charge in [0.2, 0.25) is 6.79 Å². The first kappa shape index (κ1) is 14.9. The van der Waals surface area contributed by atoms with Gasteiger partial charge in [0.1, 0.15) is 0 Å². The van der Waals surface area contributed by atoms with Crippen molar-refractivity contribution in [1.82, 2.24) is 0 Å². The van der Waals surface area contributed by atoms with E-state index < -0.39 is 0 Å². The van der Waals surface area contributed by atoms with Crippen LogP contribution in [-0.4, -0.2) is 12.2 Å². The zero-order chi connectivity index (χ0) is 11.5. The van der Waals surface area contributed by atoms with Crippen molar-refractivity contribution < 1.29 is 9.47 Å². The Bertz CT molecular complexity index is 112.